The number of ether oxygens (including phenoxy) is 2. The second-order valence-corrected chi connectivity index (χ2v) is 21.3. The van der Waals surface area contributed by atoms with E-state index in [0.29, 0.717) is 11.8 Å². The maximum Gasteiger partial charge on any atom is 0.293 e. The number of nitrogens with one attached hydrogen (secondary N) is 3. The first-order chi connectivity index (χ1) is 32.3. The van der Waals surface area contributed by atoms with E-state index in [1.165, 1.54) is 35.3 Å². The molecule has 5 aromatic rings. The van der Waals surface area contributed by atoms with Crippen LogP contribution < -0.4 is 19.7 Å². The summed E-state index contributed by atoms with van der Waals surface area (Å²) in [4.78, 5) is 35.8. The molecule has 3 fully saturated rings. The van der Waals surface area contributed by atoms with Gasteiger partial charge in [-0.15, -0.1) is 0 Å². The number of hydrogen-bond donors (Lipinski definition) is 3. The highest BCUT2D eigenvalue weighted by Crippen LogP contribution is 2.44. The summed E-state index contributed by atoms with van der Waals surface area (Å²) in [6, 6.07) is 25.0. The van der Waals surface area contributed by atoms with Crippen LogP contribution in [0.1, 0.15) is 81.1 Å². The highest BCUT2D eigenvalue weighted by Gasteiger charge is 2.31. The van der Waals surface area contributed by atoms with E-state index in [-0.39, 0.29) is 34.1 Å². The van der Waals surface area contributed by atoms with E-state index in [1.54, 1.807) is 18.2 Å². The van der Waals surface area contributed by atoms with Crippen molar-refractivity contribution in [2.75, 3.05) is 69.2 Å². The number of aromatic amines is 1. The van der Waals surface area contributed by atoms with Crippen molar-refractivity contribution in [3.8, 4) is 11.5 Å². The van der Waals surface area contributed by atoms with Crippen LogP contribution in [0.4, 0.5) is 17.1 Å². The van der Waals surface area contributed by atoms with Gasteiger partial charge < -0.3 is 29.6 Å². The molecule has 4 heterocycles. The van der Waals surface area contributed by atoms with Crippen LogP contribution in [0.25, 0.3) is 16.5 Å². The van der Waals surface area contributed by atoms with E-state index < -0.39 is 25.7 Å². The number of H-pyrrole nitrogens is 1. The third kappa shape index (κ3) is 11.1. The molecule has 0 bridgehead atoms. The number of nitro benzene ring substituents is 1. The monoisotopic (exact) mass is 949 g/mol. The summed E-state index contributed by atoms with van der Waals surface area (Å²) < 4.78 is 41.8. The van der Waals surface area contributed by atoms with Crippen LogP contribution in [-0.4, -0.2) is 105 Å². The number of piperidine rings is 1. The van der Waals surface area contributed by atoms with Gasteiger partial charge in [-0.3, -0.25) is 19.8 Å². The smallest absolute Gasteiger partial charge is 0.293 e. The summed E-state index contributed by atoms with van der Waals surface area (Å²) in [5, 5.41) is 17.3. The van der Waals surface area contributed by atoms with Crippen molar-refractivity contribution in [2.24, 2.45) is 5.41 Å². The molecule has 4 aromatic carbocycles. The minimum absolute atomic E-state index is 0.000402. The Hall–Kier alpha value is -5.45. The number of aromatic nitrogens is 1. The lowest BCUT2D eigenvalue weighted by Crippen LogP contribution is -2.46. The molecule has 1 aromatic heterocycles. The number of halogens is 1. The Morgan fingerprint density at radius 1 is 0.925 bits per heavy atom. The lowest BCUT2D eigenvalue weighted by Gasteiger charge is -2.39. The largest absolute Gasteiger partial charge is 0.456 e. The van der Waals surface area contributed by atoms with Crippen LogP contribution in [-0.2, 0) is 14.8 Å². The number of likely N-dealkylation sites (tertiary alicyclic amines) is 1. The number of piperazine rings is 1. The van der Waals surface area contributed by atoms with Gasteiger partial charge in [-0.05, 0) is 129 Å². The molecule has 14 nitrogen and oxygen atoms in total. The maximum absolute atomic E-state index is 14.0. The summed E-state index contributed by atoms with van der Waals surface area (Å²) in [7, 11) is -4.55. The quantitative estimate of drug-likeness (QED) is 0.0718. The number of carbonyl (C=O) groups excluding carboxylic acids is 1. The van der Waals surface area contributed by atoms with Crippen LogP contribution in [0, 0.1) is 15.5 Å². The number of allylic oxidation sites excluding steroid dienone is 1. The number of carbonyl (C=O) groups is 1. The molecule has 9 rings (SSSR count). The fourth-order valence-corrected chi connectivity index (χ4v) is 11.3. The van der Waals surface area contributed by atoms with Crippen LogP contribution in [0.2, 0.25) is 5.02 Å². The molecule has 4 aliphatic rings. The minimum Gasteiger partial charge on any atom is -0.456 e. The number of rotatable bonds is 14. The molecule has 1 amide bonds. The van der Waals surface area contributed by atoms with Crippen molar-refractivity contribution in [2.45, 2.75) is 82.2 Å². The van der Waals surface area contributed by atoms with Crippen LogP contribution in [0.15, 0.2) is 102 Å². The molecule has 16 heteroatoms. The first kappa shape index (κ1) is 46.7. The molecule has 0 saturated carbocycles. The Labute approximate surface area is 397 Å². The van der Waals surface area contributed by atoms with Crippen molar-refractivity contribution < 1.29 is 27.6 Å². The molecule has 67 heavy (non-hydrogen) atoms. The molecule has 0 radical (unpaired) electrons. The molecule has 3 N–H and O–H groups in total. The molecule has 0 atom stereocenters. The number of nitrogens with zero attached hydrogens (tertiary/aromatic N) is 4. The van der Waals surface area contributed by atoms with Gasteiger partial charge in [0.05, 0.1) is 15.4 Å². The van der Waals surface area contributed by atoms with Gasteiger partial charge in [0.2, 0.25) is 0 Å². The second kappa shape index (κ2) is 20.0. The SMILES string of the molecule is CC1(C)CCC(CCN2CCN(c3ccc(C(=O)NS(=O)(=O)c4ccc(NC5CCN(C6CCOCC6)CC5)c([N+](=O)[O-])c4)c(Oc4ccc5[nH]ccc5c4)c3)CC2)=C(c2ccc(Cl)cc2)C1. The van der Waals surface area contributed by atoms with Gasteiger partial charge in [-0.25, -0.2) is 13.1 Å². The zero-order valence-electron chi connectivity index (χ0n) is 38.3. The molecular formula is C51H60ClN7O7S. The lowest BCUT2D eigenvalue weighted by atomic mass is 9.72. The van der Waals surface area contributed by atoms with E-state index in [0.717, 1.165) is 132 Å². The van der Waals surface area contributed by atoms with Crippen LogP contribution in [0.5, 0.6) is 11.5 Å². The van der Waals surface area contributed by atoms with Gasteiger partial charge in [0.1, 0.15) is 17.2 Å². The first-order valence-corrected chi connectivity index (χ1v) is 25.4. The minimum atomic E-state index is -4.55. The summed E-state index contributed by atoms with van der Waals surface area (Å²) in [6.45, 7) is 12.1. The van der Waals surface area contributed by atoms with Gasteiger partial charge in [-0.2, -0.15) is 0 Å². The molecular weight excluding hydrogens is 890 g/mol. The number of nitro groups is 1. The van der Waals surface area contributed by atoms with Gasteiger partial charge in [0.25, 0.3) is 21.6 Å². The Bertz CT molecular complexity index is 2740. The van der Waals surface area contributed by atoms with Crippen molar-refractivity contribution in [1.82, 2.24) is 19.5 Å². The van der Waals surface area contributed by atoms with Crippen molar-refractivity contribution >= 4 is 61.1 Å². The van der Waals surface area contributed by atoms with E-state index >= 15 is 0 Å². The normalized spacial score (nSPS) is 19.1. The van der Waals surface area contributed by atoms with Gasteiger partial charge in [0, 0.05) is 111 Å². The van der Waals surface area contributed by atoms with Crippen molar-refractivity contribution in [3.63, 3.8) is 0 Å². The first-order valence-electron chi connectivity index (χ1n) is 23.5. The van der Waals surface area contributed by atoms with E-state index in [2.05, 4.69) is 55.7 Å². The summed E-state index contributed by atoms with van der Waals surface area (Å²) in [6.07, 6.45) is 9.75. The maximum atomic E-state index is 14.0. The third-order valence-corrected chi connectivity index (χ3v) is 15.7. The molecule has 354 valence electrons. The Kier molecular flexibility index (Phi) is 13.9. The van der Waals surface area contributed by atoms with Crippen molar-refractivity contribution in [1.29, 1.82) is 0 Å². The topological polar surface area (TPSA) is 162 Å². The van der Waals surface area contributed by atoms with E-state index in [1.807, 2.05) is 42.6 Å². The number of anilines is 2. The number of sulfonamides is 1. The fourth-order valence-electron chi connectivity index (χ4n) is 10.2. The van der Waals surface area contributed by atoms with Crippen LogP contribution in [0.3, 0.4) is 0 Å². The average molecular weight is 951 g/mol. The predicted octanol–water partition coefficient (Wildman–Crippen LogP) is 9.87. The number of fused-ring (bicyclic) bond motifs is 1. The van der Waals surface area contributed by atoms with Gasteiger partial charge >= 0.3 is 0 Å². The van der Waals surface area contributed by atoms with Crippen LogP contribution >= 0.6 is 11.6 Å². The predicted molar refractivity (Wildman–Crippen MR) is 264 cm³/mol. The molecule has 1 aliphatic carbocycles. The zero-order chi connectivity index (χ0) is 46.7. The Morgan fingerprint density at radius 3 is 2.43 bits per heavy atom. The highest BCUT2D eigenvalue weighted by molar-refractivity contribution is 7.90. The third-order valence-electron chi connectivity index (χ3n) is 14.1. The number of benzene rings is 4. The number of hydrogen-bond acceptors (Lipinski definition) is 11. The van der Waals surface area contributed by atoms with E-state index in [4.69, 9.17) is 21.1 Å². The molecule has 0 spiro atoms. The molecule has 3 aliphatic heterocycles. The van der Waals surface area contributed by atoms with Gasteiger partial charge in [0.15, 0.2) is 0 Å². The molecule has 3 saturated heterocycles. The average Bonchev–Trinajstić information content (AvgIpc) is 3.80. The van der Waals surface area contributed by atoms with Gasteiger partial charge in [-0.1, -0.05) is 43.2 Å². The van der Waals surface area contributed by atoms with Crippen molar-refractivity contribution in [3.05, 3.63) is 123 Å². The van der Waals surface area contributed by atoms with E-state index in [9.17, 15) is 23.3 Å². The Balaban J connectivity index is 0.884. The fraction of sp³-hybridized carbons (Fsp3) is 0.431. The number of amides is 1. The summed E-state index contributed by atoms with van der Waals surface area (Å²) in [5.74, 6) is -0.274. The summed E-state index contributed by atoms with van der Waals surface area (Å²) >= 11 is 6.25. The molecule has 0 unspecified atom stereocenters. The standard InChI is InChI=1S/C51H60ClN7O7S/c1-51(2)20-13-36(45(34-51)35-3-5-38(52)6-4-35)15-22-56-25-27-58(28-26-56)41-7-10-44(49(32-41)66-42-8-11-46-37(31-42)14-21-53-46)50(60)55-67(63,64)43-9-12-47(48(33-43)59(61)62)54-39-16-23-57(24-17-39)40-18-29-65-30-19-40/h3-12,14,21,31-33,39-40,53-54H,13,15-20,22-30,34H2,1-2H3,(H,55,60). The zero-order valence-corrected chi connectivity index (χ0v) is 39.8. The lowest BCUT2D eigenvalue weighted by molar-refractivity contribution is -0.384. The second-order valence-electron chi connectivity index (χ2n) is 19.2. The Morgan fingerprint density at radius 2 is 1.69 bits per heavy atom. The highest BCUT2D eigenvalue weighted by atomic mass is 35.5. The summed E-state index contributed by atoms with van der Waals surface area (Å²) in [5.41, 5.74) is 6.10.